The number of aliphatic carboxylic acids is 1. The Balaban J connectivity index is 2.00. The van der Waals surface area contributed by atoms with Gasteiger partial charge in [-0.1, -0.05) is 0 Å². The van der Waals surface area contributed by atoms with Crippen molar-refractivity contribution in [1.82, 2.24) is 4.90 Å². The number of carbonyl (C=O) groups excluding carboxylic acids is 1. The molecule has 7 heteroatoms. The Morgan fingerprint density at radius 2 is 2.42 bits per heavy atom. The number of carbonyl (C=O) groups is 2. The molecule has 1 aliphatic heterocycles. The molecule has 1 aromatic rings. The van der Waals surface area contributed by atoms with Crippen LogP contribution in [0.25, 0.3) is 0 Å². The zero-order valence-electron chi connectivity index (χ0n) is 10.5. The normalized spacial score (nSPS) is 19.2. The minimum atomic E-state index is -0.919. The van der Waals surface area contributed by atoms with Gasteiger partial charge >= 0.3 is 5.97 Å². The summed E-state index contributed by atoms with van der Waals surface area (Å²) in [5.41, 5.74) is 0. The van der Waals surface area contributed by atoms with Crippen molar-refractivity contribution in [3.05, 3.63) is 16.3 Å². The highest BCUT2D eigenvalue weighted by Crippen LogP contribution is 2.23. The second kappa shape index (κ2) is 6.03. The van der Waals surface area contributed by atoms with E-state index in [0.29, 0.717) is 30.3 Å². The van der Waals surface area contributed by atoms with Crippen LogP contribution in [0, 0.1) is 0 Å². The average Bonchev–Trinajstić information content (AvgIpc) is 2.86. The zero-order valence-corrected chi connectivity index (χ0v) is 11.3. The number of hydrogen-bond donors (Lipinski definition) is 1. The second-order valence-corrected chi connectivity index (χ2v) is 5.10. The SMILES string of the molecule is COc1csc(C(=O)N2CCOC(CC(=O)O)C2)c1. The summed E-state index contributed by atoms with van der Waals surface area (Å²) in [5.74, 6) is -0.368. The van der Waals surface area contributed by atoms with Crippen molar-refractivity contribution in [2.24, 2.45) is 0 Å². The van der Waals surface area contributed by atoms with Crippen LogP contribution in [0.3, 0.4) is 0 Å². The van der Waals surface area contributed by atoms with Gasteiger partial charge < -0.3 is 19.5 Å². The molecule has 6 nitrogen and oxygen atoms in total. The molecule has 2 heterocycles. The van der Waals surface area contributed by atoms with E-state index in [1.54, 1.807) is 23.5 Å². The molecule has 0 radical (unpaired) electrons. The summed E-state index contributed by atoms with van der Waals surface area (Å²) in [4.78, 5) is 25.1. The van der Waals surface area contributed by atoms with Crippen LogP contribution < -0.4 is 4.74 Å². The molecule has 1 saturated heterocycles. The van der Waals surface area contributed by atoms with Crippen molar-refractivity contribution in [3.8, 4) is 5.75 Å². The number of amides is 1. The quantitative estimate of drug-likeness (QED) is 0.895. The molecule has 1 aliphatic rings. The molecule has 0 aliphatic carbocycles. The lowest BCUT2D eigenvalue weighted by Crippen LogP contribution is -2.46. The summed E-state index contributed by atoms with van der Waals surface area (Å²) < 4.78 is 10.4. The van der Waals surface area contributed by atoms with Crippen molar-refractivity contribution in [2.45, 2.75) is 12.5 Å². The summed E-state index contributed by atoms with van der Waals surface area (Å²) in [6.45, 7) is 1.16. The first-order valence-corrected chi connectivity index (χ1v) is 6.73. The minimum absolute atomic E-state index is 0.0858. The lowest BCUT2D eigenvalue weighted by atomic mass is 10.2. The predicted octanol–water partition coefficient (Wildman–Crippen LogP) is 1.07. The molecule has 0 saturated carbocycles. The maximum atomic E-state index is 12.2. The standard InChI is InChI=1S/C12H15NO5S/c1-17-9-4-10(19-7-9)12(16)13-2-3-18-8(6-13)5-11(14)15/h4,7-8H,2-3,5-6H2,1H3,(H,14,15). The van der Waals surface area contributed by atoms with E-state index in [1.165, 1.54) is 11.3 Å². The van der Waals surface area contributed by atoms with E-state index < -0.39 is 12.1 Å². The van der Waals surface area contributed by atoms with Crippen LogP contribution in [0.2, 0.25) is 0 Å². The van der Waals surface area contributed by atoms with E-state index in [2.05, 4.69) is 0 Å². The number of carboxylic acids is 1. The van der Waals surface area contributed by atoms with E-state index in [4.69, 9.17) is 14.6 Å². The molecule has 1 atom stereocenters. The van der Waals surface area contributed by atoms with Gasteiger partial charge in [-0.15, -0.1) is 11.3 Å². The van der Waals surface area contributed by atoms with Crippen molar-refractivity contribution < 1.29 is 24.2 Å². The topological polar surface area (TPSA) is 76.1 Å². The van der Waals surface area contributed by atoms with Gasteiger partial charge in [0.25, 0.3) is 5.91 Å². The van der Waals surface area contributed by atoms with Crippen molar-refractivity contribution in [2.75, 3.05) is 26.8 Å². The summed E-state index contributed by atoms with van der Waals surface area (Å²) in [7, 11) is 1.55. The van der Waals surface area contributed by atoms with Gasteiger partial charge in [0, 0.05) is 24.5 Å². The monoisotopic (exact) mass is 285 g/mol. The van der Waals surface area contributed by atoms with Crippen LogP contribution in [-0.4, -0.2) is 54.8 Å². The molecule has 104 valence electrons. The van der Waals surface area contributed by atoms with Gasteiger partial charge in [0.1, 0.15) is 5.75 Å². The van der Waals surface area contributed by atoms with Gasteiger partial charge in [0.05, 0.1) is 31.1 Å². The largest absolute Gasteiger partial charge is 0.496 e. The fourth-order valence-corrected chi connectivity index (χ4v) is 2.74. The third kappa shape index (κ3) is 3.45. The third-order valence-electron chi connectivity index (χ3n) is 2.85. The van der Waals surface area contributed by atoms with Gasteiger partial charge in [0.2, 0.25) is 0 Å². The van der Waals surface area contributed by atoms with Gasteiger partial charge in [0.15, 0.2) is 0 Å². The molecule has 1 amide bonds. The Hall–Kier alpha value is -1.60. The molecule has 1 fully saturated rings. The first kappa shape index (κ1) is 13.8. The number of morpholine rings is 1. The molecule has 0 bridgehead atoms. The molecular formula is C12H15NO5S. The van der Waals surface area contributed by atoms with Crippen LogP contribution in [-0.2, 0) is 9.53 Å². The van der Waals surface area contributed by atoms with Crippen molar-refractivity contribution >= 4 is 23.2 Å². The Bertz CT molecular complexity index is 472. The van der Waals surface area contributed by atoms with Gasteiger partial charge in [-0.3, -0.25) is 9.59 Å². The lowest BCUT2D eigenvalue weighted by Gasteiger charge is -2.32. The Kier molecular flexibility index (Phi) is 4.39. The second-order valence-electron chi connectivity index (χ2n) is 4.19. The minimum Gasteiger partial charge on any atom is -0.496 e. The fourth-order valence-electron chi connectivity index (χ4n) is 1.92. The maximum absolute atomic E-state index is 12.2. The van der Waals surface area contributed by atoms with Crippen molar-refractivity contribution in [3.63, 3.8) is 0 Å². The van der Waals surface area contributed by atoms with Crippen LogP contribution in [0.5, 0.6) is 5.75 Å². The molecule has 1 unspecified atom stereocenters. The summed E-state index contributed by atoms with van der Waals surface area (Å²) in [5, 5.41) is 10.5. The predicted molar refractivity (Wildman–Crippen MR) is 68.8 cm³/mol. The highest BCUT2D eigenvalue weighted by Gasteiger charge is 2.27. The molecule has 19 heavy (non-hydrogen) atoms. The van der Waals surface area contributed by atoms with Crippen LogP contribution in [0.4, 0.5) is 0 Å². The molecular weight excluding hydrogens is 270 g/mol. The Morgan fingerprint density at radius 3 is 3.05 bits per heavy atom. The van der Waals surface area contributed by atoms with Gasteiger partial charge in [-0.2, -0.15) is 0 Å². The molecule has 2 rings (SSSR count). The zero-order chi connectivity index (χ0) is 13.8. The molecule has 0 aromatic carbocycles. The van der Waals surface area contributed by atoms with E-state index in [-0.39, 0.29) is 12.3 Å². The van der Waals surface area contributed by atoms with E-state index in [9.17, 15) is 9.59 Å². The highest BCUT2D eigenvalue weighted by atomic mass is 32.1. The molecule has 0 spiro atoms. The summed E-state index contributed by atoms with van der Waals surface area (Å²) >= 11 is 1.32. The lowest BCUT2D eigenvalue weighted by molar-refractivity contribution is -0.141. The Morgan fingerprint density at radius 1 is 1.63 bits per heavy atom. The fraction of sp³-hybridized carbons (Fsp3) is 0.500. The maximum Gasteiger partial charge on any atom is 0.306 e. The van der Waals surface area contributed by atoms with Crippen molar-refractivity contribution in [1.29, 1.82) is 0 Å². The first-order chi connectivity index (χ1) is 9.10. The van der Waals surface area contributed by atoms with E-state index >= 15 is 0 Å². The molecule has 1 N–H and O–H groups in total. The van der Waals surface area contributed by atoms with E-state index in [0.717, 1.165) is 0 Å². The number of thiophene rings is 1. The highest BCUT2D eigenvalue weighted by molar-refractivity contribution is 7.12. The average molecular weight is 285 g/mol. The summed E-state index contributed by atoms with van der Waals surface area (Å²) in [6.07, 6.45) is -0.519. The first-order valence-electron chi connectivity index (χ1n) is 5.85. The number of carboxylic acid groups (broad SMARTS) is 1. The van der Waals surface area contributed by atoms with E-state index in [1.807, 2.05) is 0 Å². The number of methoxy groups -OCH3 is 1. The smallest absolute Gasteiger partial charge is 0.306 e. The van der Waals surface area contributed by atoms with Gasteiger partial charge in [-0.05, 0) is 0 Å². The number of rotatable bonds is 4. The number of ether oxygens (including phenoxy) is 2. The van der Waals surface area contributed by atoms with Crippen LogP contribution >= 0.6 is 11.3 Å². The number of hydrogen-bond acceptors (Lipinski definition) is 5. The van der Waals surface area contributed by atoms with Crippen LogP contribution in [0.15, 0.2) is 11.4 Å². The third-order valence-corrected chi connectivity index (χ3v) is 3.75. The summed E-state index contributed by atoms with van der Waals surface area (Å²) in [6, 6.07) is 1.69. The Labute approximate surface area is 114 Å². The van der Waals surface area contributed by atoms with Crippen LogP contribution in [0.1, 0.15) is 16.1 Å². The van der Waals surface area contributed by atoms with Gasteiger partial charge in [-0.25, -0.2) is 0 Å². The molecule has 1 aromatic heterocycles. The number of nitrogens with zero attached hydrogens (tertiary/aromatic N) is 1.